The Morgan fingerprint density at radius 2 is 1.71 bits per heavy atom. The number of fused-ring (bicyclic) bond motifs is 1. The second-order valence-corrected chi connectivity index (χ2v) is 8.78. The summed E-state index contributed by atoms with van der Waals surface area (Å²) in [5.74, 6) is -0.0576. The van der Waals surface area contributed by atoms with E-state index < -0.39 is 0 Å². The molecule has 174 valence electrons. The predicted octanol–water partition coefficient (Wildman–Crippen LogP) is 5.49. The van der Waals surface area contributed by atoms with Crippen LogP contribution in [0, 0.1) is 13.8 Å². The first kappa shape index (κ1) is 22.5. The zero-order valence-corrected chi connectivity index (χ0v) is 20.1. The molecular weight excluding hydrogens is 434 g/mol. The Hall–Kier alpha value is -4.32. The topological polar surface area (TPSA) is 63.9 Å². The van der Waals surface area contributed by atoms with Gasteiger partial charge in [0.1, 0.15) is 0 Å². The van der Waals surface area contributed by atoms with E-state index in [0.717, 1.165) is 39.0 Å². The number of amides is 1. The fraction of sp³-hybridized carbons (Fsp3) is 0.172. The molecule has 3 heterocycles. The van der Waals surface area contributed by atoms with E-state index in [0.29, 0.717) is 24.3 Å². The lowest BCUT2D eigenvalue weighted by Gasteiger charge is -2.24. The van der Waals surface area contributed by atoms with Crippen molar-refractivity contribution in [2.75, 3.05) is 0 Å². The number of hydrogen-bond donors (Lipinski definition) is 0. The van der Waals surface area contributed by atoms with Crippen LogP contribution < -0.4 is 0 Å². The third kappa shape index (κ3) is 4.55. The number of aryl methyl sites for hydroxylation is 3. The minimum atomic E-state index is -0.0576. The van der Waals surface area contributed by atoms with Crippen molar-refractivity contribution in [3.8, 4) is 11.3 Å². The summed E-state index contributed by atoms with van der Waals surface area (Å²) >= 11 is 0. The Kier molecular flexibility index (Phi) is 6.10. The number of nitrogens with zero attached hydrogens (tertiary/aromatic N) is 5. The monoisotopic (exact) mass is 461 g/mol. The molecule has 0 saturated heterocycles. The molecule has 0 atom stereocenters. The molecule has 5 aromatic rings. The fourth-order valence-electron chi connectivity index (χ4n) is 4.45. The van der Waals surface area contributed by atoms with E-state index in [1.165, 1.54) is 0 Å². The van der Waals surface area contributed by atoms with Gasteiger partial charge in [-0.1, -0.05) is 60.7 Å². The first-order valence-electron chi connectivity index (χ1n) is 11.6. The molecule has 0 fully saturated rings. The van der Waals surface area contributed by atoms with E-state index in [4.69, 9.17) is 4.98 Å². The maximum atomic E-state index is 14.3. The molecule has 1 amide bonds. The molecule has 6 nitrogen and oxygen atoms in total. The largest absolute Gasteiger partial charge is 0.330 e. The molecular formula is C29H27N5O. The SMILES string of the molecule is Cc1ccccc1CN(Cc1cccnc1)C(=O)c1cc(-c2ccccc2)nc2c1c(C)nn2C. The molecule has 0 radical (unpaired) electrons. The van der Waals surface area contributed by atoms with Gasteiger partial charge in [0.15, 0.2) is 5.65 Å². The van der Waals surface area contributed by atoms with Gasteiger partial charge in [0.2, 0.25) is 0 Å². The summed E-state index contributed by atoms with van der Waals surface area (Å²) in [4.78, 5) is 25.3. The van der Waals surface area contributed by atoms with Crippen molar-refractivity contribution in [1.82, 2.24) is 24.6 Å². The average Bonchev–Trinajstić information content (AvgIpc) is 3.18. The number of carbonyl (C=O) groups is 1. The molecule has 3 aromatic heterocycles. The zero-order chi connectivity index (χ0) is 24.4. The Bertz CT molecular complexity index is 1490. The lowest BCUT2D eigenvalue weighted by molar-refractivity contribution is 0.0731. The van der Waals surface area contributed by atoms with Crippen molar-refractivity contribution in [2.24, 2.45) is 7.05 Å². The van der Waals surface area contributed by atoms with Crippen LogP contribution in [0.1, 0.15) is 32.7 Å². The summed E-state index contributed by atoms with van der Waals surface area (Å²) in [5.41, 5.74) is 7.05. The lowest BCUT2D eigenvalue weighted by atomic mass is 10.0. The van der Waals surface area contributed by atoms with Gasteiger partial charge in [0, 0.05) is 38.1 Å². The molecule has 0 bridgehead atoms. The maximum absolute atomic E-state index is 14.3. The van der Waals surface area contributed by atoms with Crippen LogP contribution in [-0.4, -0.2) is 30.6 Å². The van der Waals surface area contributed by atoms with E-state index in [2.05, 4.69) is 29.1 Å². The number of carbonyl (C=O) groups excluding carboxylic acids is 1. The Morgan fingerprint density at radius 3 is 2.46 bits per heavy atom. The van der Waals surface area contributed by atoms with Crippen LogP contribution in [0.4, 0.5) is 0 Å². The smallest absolute Gasteiger partial charge is 0.255 e. The molecule has 35 heavy (non-hydrogen) atoms. The summed E-state index contributed by atoms with van der Waals surface area (Å²) in [5, 5.41) is 5.37. The van der Waals surface area contributed by atoms with Crippen molar-refractivity contribution < 1.29 is 4.79 Å². The second-order valence-electron chi connectivity index (χ2n) is 8.78. The van der Waals surface area contributed by atoms with E-state index in [-0.39, 0.29) is 5.91 Å². The number of hydrogen-bond acceptors (Lipinski definition) is 4. The van der Waals surface area contributed by atoms with Crippen LogP contribution in [0.5, 0.6) is 0 Å². The molecule has 2 aromatic carbocycles. The third-order valence-electron chi connectivity index (χ3n) is 6.27. The van der Waals surface area contributed by atoms with Gasteiger partial charge >= 0.3 is 0 Å². The number of benzene rings is 2. The predicted molar refractivity (Wildman–Crippen MR) is 138 cm³/mol. The zero-order valence-electron chi connectivity index (χ0n) is 20.1. The highest BCUT2D eigenvalue weighted by Crippen LogP contribution is 2.29. The third-order valence-corrected chi connectivity index (χ3v) is 6.27. The molecule has 0 saturated carbocycles. The van der Waals surface area contributed by atoms with Crippen LogP contribution in [0.3, 0.4) is 0 Å². The summed E-state index contributed by atoms with van der Waals surface area (Å²) in [6.45, 7) is 4.94. The normalized spacial score (nSPS) is 11.1. The first-order valence-corrected chi connectivity index (χ1v) is 11.6. The molecule has 0 aliphatic rings. The molecule has 5 rings (SSSR count). The summed E-state index contributed by atoms with van der Waals surface area (Å²) in [6, 6.07) is 23.9. The van der Waals surface area contributed by atoms with Gasteiger partial charge in [0.05, 0.1) is 22.3 Å². The van der Waals surface area contributed by atoms with Gasteiger partial charge in [0.25, 0.3) is 5.91 Å². The average molecular weight is 462 g/mol. The lowest BCUT2D eigenvalue weighted by Crippen LogP contribution is -2.31. The first-order chi connectivity index (χ1) is 17.0. The second kappa shape index (κ2) is 9.50. The summed E-state index contributed by atoms with van der Waals surface area (Å²) in [6.07, 6.45) is 3.56. The van der Waals surface area contributed by atoms with Crippen molar-refractivity contribution in [1.29, 1.82) is 0 Å². The van der Waals surface area contributed by atoms with Gasteiger partial charge in [-0.3, -0.25) is 14.5 Å². The van der Waals surface area contributed by atoms with Crippen molar-refractivity contribution in [3.63, 3.8) is 0 Å². The van der Waals surface area contributed by atoms with Crippen molar-refractivity contribution in [3.05, 3.63) is 113 Å². The Morgan fingerprint density at radius 1 is 0.943 bits per heavy atom. The van der Waals surface area contributed by atoms with E-state index in [1.807, 2.05) is 85.7 Å². The van der Waals surface area contributed by atoms with E-state index >= 15 is 0 Å². The van der Waals surface area contributed by atoms with Gasteiger partial charge in [-0.15, -0.1) is 0 Å². The minimum Gasteiger partial charge on any atom is -0.330 e. The van der Waals surface area contributed by atoms with Crippen molar-refractivity contribution in [2.45, 2.75) is 26.9 Å². The minimum absolute atomic E-state index is 0.0576. The van der Waals surface area contributed by atoms with Crippen LogP contribution in [0.15, 0.2) is 85.2 Å². The van der Waals surface area contributed by atoms with Crippen LogP contribution in [-0.2, 0) is 20.1 Å². The Labute approximate surface area is 204 Å². The molecule has 0 N–H and O–H groups in total. The molecule has 0 unspecified atom stereocenters. The highest BCUT2D eigenvalue weighted by molar-refractivity contribution is 6.07. The van der Waals surface area contributed by atoms with Gasteiger partial charge in [-0.05, 0) is 42.7 Å². The maximum Gasteiger partial charge on any atom is 0.255 e. The highest BCUT2D eigenvalue weighted by Gasteiger charge is 2.24. The highest BCUT2D eigenvalue weighted by atomic mass is 16.2. The molecule has 0 aliphatic heterocycles. The number of pyridine rings is 2. The van der Waals surface area contributed by atoms with Crippen molar-refractivity contribution >= 4 is 16.9 Å². The van der Waals surface area contributed by atoms with Crippen LogP contribution in [0.2, 0.25) is 0 Å². The van der Waals surface area contributed by atoms with Gasteiger partial charge < -0.3 is 4.90 Å². The number of rotatable bonds is 6. The summed E-state index contributed by atoms with van der Waals surface area (Å²) < 4.78 is 1.75. The molecule has 0 spiro atoms. The van der Waals surface area contributed by atoms with E-state index in [9.17, 15) is 4.79 Å². The van der Waals surface area contributed by atoms with E-state index in [1.54, 1.807) is 10.9 Å². The number of aromatic nitrogens is 4. The van der Waals surface area contributed by atoms with Crippen LogP contribution >= 0.6 is 0 Å². The standard InChI is InChI=1S/C29H27N5O/c1-20-10-7-8-14-24(20)19-34(18-22-11-9-15-30-17-22)29(35)25-16-26(23-12-5-4-6-13-23)31-28-27(25)21(2)32-33(28)3/h4-17H,18-19H2,1-3H3. The van der Waals surface area contributed by atoms with Gasteiger partial charge in [-0.25, -0.2) is 4.98 Å². The quantitative estimate of drug-likeness (QED) is 0.335. The molecule has 0 aliphatic carbocycles. The summed E-state index contributed by atoms with van der Waals surface area (Å²) in [7, 11) is 1.87. The molecule has 6 heteroatoms. The van der Waals surface area contributed by atoms with Crippen LogP contribution in [0.25, 0.3) is 22.3 Å². The fourth-order valence-corrected chi connectivity index (χ4v) is 4.45. The Balaban J connectivity index is 1.64. The van der Waals surface area contributed by atoms with Gasteiger partial charge in [-0.2, -0.15) is 5.10 Å².